The standard InChI is InChI=1S/C19H24O7P2/c1-3-22-27(20,23-4-2)17-11-16-24-28(21,25-18-12-7-5-8-13-18)26-19-14-9-6-10-15-19/h5-16H,3-4,17H2,1-2H3/b16-11+. The lowest BCUT2D eigenvalue weighted by Gasteiger charge is -2.18. The zero-order chi connectivity index (χ0) is 20.3. The third kappa shape index (κ3) is 7.53. The first-order valence-electron chi connectivity index (χ1n) is 8.79. The van der Waals surface area contributed by atoms with E-state index in [1.165, 1.54) is 6.08 Å². The molecule has 28 heavy (non-hydrogen) atoms. The Morgan fingerprint density at radius 2 is 1.25 bits per heavy atom. The Morgan fingerprint density at radius 3 is 1.68 bits per heavy atom. The van der Waals surface area contributed by atoms with Gasteiger partial charge in [-0.05, 0) is 44.2 Å². The Morgan fingerprint density at radius 1 is 0.786 bits per heavy atom. The fraction of sp³-hybridized carbons (Fsp3) is 0.263. The molecule has 0 spiro atoms. The monoisotopic (exact) mass is 426 g/mol. The molecule has 0 amide bonds. The third-order valence-electron chi connectivity index (χ3n) is 3.19. The van der Waals surface area contributed by atoms with Crippen LogP contribution in [0.25, 0.3) is 0 Å². The van der Waals surface area contributed by atoms with Crippen molar-refractivity contribution in [2.24, 2.45) is 0 Å². The number of rotatable bonds is 12. The van der Waals surface area contributed by atoms with Crippen molar-refractivity contribution < 1.29 is 31.7 Å². The second kappa shape index (κ2) is 11.1. The highest BCUT2D eigenvalue weighted by molar-refractivity contribution is 7.54. The molecule has 0 heterocycles. The normalized spacial score (nSPS) is 12.1. The lowest BCUT2D eigenvalue weighted by molar-refractivity contribution is 0.222. The van der Waals surface area contributed by atoms with Crippen molar-refractivity contribution in [2.45, 2.75) is 13.8 Å². The molecule has 0 radical (unpaired) electrons. The van der Waals surface area contributed by atoms with Crippen LogP contribution in [0.15, 0.2) is 73.0 Å². The number of benzene rings is 2. The Bertz CT molecular complexity index is 769. The zero-order valence-corrected chi connectivity index (χ0v) is 17.6. The van der Waals surface area contributed by atoms with Gasteiger partial charge in [0.2, 0.25) is 0 Å². The fourth-order valence-electron chi connectivity index (χ4n) is 2.11. The summed E-state index contributed by atoms with van der Waals surface area (Å²) in [4.78, 5) is 0. The molecule has 0 N–H and O–H groups in total. The molecule has 0 saturated carbocycles. The van der Waals surface area contributed by atoms with Gasteiger partial charge in [0, 0.05) is 0 Å². The van der Waals surface area contributed by atoms with Gasteiger partial charge in [0.15, 0.2) is 0 Å². The molecular weight excluding hydrogens is 402 g/mol. The third-order valence-corrected chi connectivity index (χ3v) is 6.40. The summed E-state index contributed by atoms with van der Waals surface area (Å²) in [6, 6.07) is 17.1. The first-order chi connectivity index (χ1) is 13.5. The van der Waals surface area contributed by atoms with E-state index in [1.807, 2.05) is 0 Å². The van der Waals surface area contributed by atoms with Crippen molar-refractivity contribution in [1.82, 2.24) is 0 Å². The van der Waals surface area contributed by atoms with E-state index < -0.39 is 15.4 Å². The predicted molar refractivity (Wildman–Crippen MR) is 108 cm³/mol. The number of phosphoric ester groups is 1. The van der Waals surface area contributed by atoms with Gasteiger partial charge < -0.3 is 22.6 Å². The van der Waals surface area contributed by atoms with E-state index >= 15 is 0 Å². The minimum atomic E-state index is -4.03. The van der Waals surface area contributed by atoms with Crippen LogP contribution in [-0.2, 0) is 22.7 Å². The first kappa shape index (κ1) is 22.3. The zero-order valence-electron chi connectivity index (χ0n) is 15.8. The van der Waals surface area contributed by atoms with E-state index in [0.29, 0.717) is 11.5 Å². The second-order valence-corrected chi connectivity index (χ2v) is 8.94. The molecule has 0 aliphatic rings. The van der Waals surface area contributed by atoms with Crippen molar-refractivity contribution >= 4 is 15.4 Å². The Labute approximate surface area is 165 Å². The summed E-state index contributed by atoms with van der Waals surface area (Å²) in [6.07, 6.45) is 2.49. The van der Waals surface area contributed by atoms with E-state index in [9.17, 15) is 9.13 Å². The Hall–Kier alpha value is -2.04. The second-order valence-electron chi connectivity index (χ2n) is 5.36. The highest BCUT2D eigenvalue weighted by atomic mass is 31.2. The van der Waals surface area contributed by atoms with Gasteiger partial charge in [-0.15, -0.1) is 0 Å². The van der Waals surface area contributed by atoms with E-state index in [0.717, 1.165) is 6.26 Å². The molecule has 0 atom stereocenters. The molecule has 0 saturated heterocycles. The van der Waals surface area contributed by atoms with Gasteiger partial charge in [-0.3, -0.25) is 4.57 Å². The summed E-state index contributed by atoms with van der Waals surface area (Å²) in [5.74, 6) is 0.647. The summed E-state index contributed by atoms with van der Waals surface area (Å²) >= 11 is 0. The average Bonchev–Trinajstić information content (AvgIpc) is 2.67. The number of hydrogen-bond donors (Lipinski definition) is 0. The molecule has 2 aromatic rings. The summed E-state index contributed by atoms with van der Waals surface area (Å²) < 4.78 is 52.1. The first-order valence-corrected chi connectivity index (χ1v) is 12.0. The van der Waals surface area contributed by atoms with Gasteiger partial charge in [0.25, 0.3) is 0 Å². The summed E-state index contributed by atoms with van der Waals surface area (Å²) in [5.41, 5.74) is 0. The molecule has 0 fully saturated rings. The van der Waals surface area contributed by atoms with Crippen LogP contribution in [0.2, 0.25) is 0 Å². The number of phosphoric acid groups is 1. The molecule has 0 unspecified atom stereocenters. The van der Waals surface area contributed by atoms with Gasteiger partial charge >= 0.3 is 15.4 Å². The molecule has 9 heteroatoms. The van der Waals surface area contributed by atoms with E-state index in [2.05, 4.69) is 0 Å². The maximum atomic E-state index is 13.1. The molecule has 0 bridgehead atoms. The lowest BCUT2D eigenvalue weighted by Crippen LogP contribution is -2.03. The largest absolute Gasteiger partial charge is 0.646 e. The summed E-state index contributed by atoms with van der Waals surface area (Å²) in [5, 5.41) is 0. The van der Waals surface area contributed by atoms with Crippen LogP contribution < -0.4 is 9.05 Å². The van der Waals surface area contributed by atoms with Crippen molar-refractivity contribution in [3.05, 3.63) is 73.0 Å². The van der Waals surface area contributed by atoms with E-state index in [-0.39, 0.29) is 19.4 Å². The summed E-state index contributed by atoms with van der Waals surface area (Å²) in [7, 11) is -7.31. The maximum absolute atomic E-state index is 13.1. The molecule has 0 aliphatic carbocycles. The average molecular weight is 426 g/mol. The van der Waals surface area contributed by atoms with Crippen LogP contribution >= 0.6 is 15.4 Å². The Balaban J connectivity index is 2.10. The number of para-hydroxylation sites is 2. The molecule has 2 rings (SSSR count). The molecule has 0 aliphatic heterocycles. The minimum absolute atomic E-state index is 0.0364. The van der Waals surface area contributed by atoms with Gasteiger partial charge in [0.05, 0.1) is 25.6 Å². The Kier molecular flexibility index (Phi) is 8.81. The molecule has 2 aromatic carbocycles. The number of allylic oxidation sites excluding steroid dienone is 1. The van der Waals surface area contributed by atoms with Crippen LogP contribution in [0, 0.1) is 0 Å². The molecule has 152 valence electrons. The van der Waals surface area contributed by atoms with Gasteiger partial charge in [-0.2, -0.15) is 4.57 Å². The van der Waals surface area contributed by atoms with Gasteiger partial charge in [-0.1, -0.05) is 36.4 Å². The maximum Gasteiger partial charge on any atom is 0.646 e. The van der Waals surface area contributed by atoms with E-state index in [4.69, 9.17) is 22.6 Å². The SMILES string of the molecule is CCOP(=O)(C/C=C/OP(=O)(Oc1ccccc1)Oc1ccccc1)OCC. The van der Waals surface area contributed by atoms with Crippen LogP contribution in [0.4, 0.5) is 0 Å². The molecule has 0 aromatic heterocycles. The van der Waals surface area contributed by atoms with Crippen molar-refractivity contribution in [2.75, 3.05) is 19.4 Å². The minimum Gasteiger partial charge on any atom is -0.394 e. The van der Waals surface area contributed by atoms with Crippen LogP contribution in [0.1, 0.15) is 13.8 Å². The van der Waals surface area contributed by atoms with Gasteiger partial charge in [-0.25, -0.2) is 0 Å². The van der Waals surface area contributed by atoms with Crippen LogP contribution in [0.5, 0.6) is 11.5 Å². The van der Waals surface area contributed by atoms with E-state index in [1.54, 1.807) is 74.5 Å². The highest BCUT2D eigenvalue weighted by Crippen LogP contribution is 2.51. The van der Waals surface area contributed by atoms with Crippen molar-refractivity contribution in [1.29, 1.82) is 0 Å². The fourth-order valence-corrected chi connectivity index (χ4v) is 4.64. The molecular formula is C19H24O7P2. The van der Waals surface area contributed by atoms with Gasteiger partial charge in [0.1, 0.15) is 11.5 Å². The highest BCUT2D eigenvalue weighted by Gasteiger charge is 2.31. The van der Waals surface area contributed by atoms with Crippen LogP contribution in [0.3, 0.4) is 0 Å². The number of hydrogen-bond acceptors (Lipinski definition) is 7. The molecule has 7 nitrogen and oxygen atoms in total. The summed E-state index contributed by atoms with van der Waals surface area (Å²) in [6.45, 7) is 3.94. The topological polar surface area (TPSA) is 80.3 Å². The van der Waals surface area contributed by atoms with Crippen molar-refractivity contribution in [3.63, 3.8) is 0 Å². The lowest BCUT2D eigenvalue weighted by atomic mass is 10.3. The van der Waals surface area contributed by atoms with Crippen LogP contribution in [-0.4, -0.2) is 19.4 Å². The quantitative estimate of drug-likeness (QED) is 0.302. The smallest absolute Gasteiger partial charge is 0.394 e. The predicted octanol–water partition coefficient (Wildman–Crippen LogP) is 6.05. The van der Waals surface area contributed by atoms with Crippen molar-refractivity contribution in [3.8, 4) is 11.5 Å².